The molecule has 0 aromatic rings. The number of hydrogen-bond acceptors (Lipinski definition) is 4. The van der Waals surface area contributed by atoms with E-state index in [1.54, 1.807) is 0 Å². The van der Waals surface area contributed by atoms with Crippen LogP contribution in [0.5, 0.6) is 0 Å². The van der Waals surface area contributed by atoms with Crippen LogP contribution in [-0.4, -0.2) is 49.8 Å². The Morgan fingerprint density at radius 1 is 0.889 bits per heavy atom. The van der Waals surface area contributed by atoms with Gasteiger partial charge in [-0.2, -0.15) is 0 Å². The molecule has 0 radical (unpaired) electrons. The van der Waals surface area contributed by atoms with Crippen molar-refractivity contribution in [3.8, 4) is 11.8 Å². The van der Waals surface area contributed by atoms with Gasteiger partial charge in [-0.15, -0.1) is 0 Å². The van der Waals surface area contributed by atoms with Crippen LogP contribution < -0.4 is 0 Å². The van der Waals surface area contributed by atoms with E-state index in [1.165, 1.54) is 19.3 Å². The maximum atomic E-state index is 6.14. The van der Waals surface area contributed by atoms with Gasteiger partial charge in [0.15, 0.2) is 0 Å². The molecule has 0 aromatic carbocycles. The van der Waals surface area contributed by atoms with Crippen LogP contribution in [0.1, 0.15) is 73.6 Å². The maximum absolute atomic E-state index is 6.14. The first kappa shape index (κ1) is 21.1. The summed E-state index contributed by atoms with van der Waals surface area (Å²) in [6.07, 6.45) is 6.49. The summed E-state index contributed by atoms with van der Waals surface area (Å²) in [5, 5.41) is 0. The van der Waals surface area contributed by atoms with Crippen LogP contribution >= 0.6 is 0 Å². The highest BCUT2D eigenvalue weighted by atomic mass is 16.5. The minimum Gasteiger partial charge on any atom is -0.377 e. The third kappa shape index (κ3) is 5.94. The standard InChI is InChI=1S/C23H38O4/c1-20(2,3)26-11-10-24-9-7-8-22-14-23(15-22,16-22)17-25-18-12-19(13-18)27-21(4,5)6/h18-19H,9-17H2,1-6H3. The Hall–Kier alpha value is -0.600. The molecule has 0 aromatic heterocycles. The van der Waals surface area contributed by atoms with Gasteiger partial charge in [-0.25, -0.2) is 0 Å². The molecule has 2 bridgehead atoms. The summed E-state index contributed by atoms with van der Waals surface area (Å²) in [5.74, 6) is 6.66. The van der Waals surface area contributed by atoms with Gasteiger partial charge >= 0.3 is 0 Å². The Morgan fingerprint density at radius 2 is 1.56 bits per heavy atom. The molecule has 4 aliphatic rings. The van der Waals surface area contributed by atoms with Crippen molar-refractivity contribution < 1.29 is 18.9 Å². The van der Waals surface area contributed by atoms with Crippen molar-refractivity contribution in [2.24, 2.45) is 10.8 Å². The molecule has 0 aliphatic heterocycles. The molecule has 0 spiro atoms. The molecule has 0 N–H and O–H groups in total. The monoisotopic (exact) mass is 378 g/mol. The summed E-state index contributed by atoms with van der Waals surface area (Å²) in [6, 6.07) is 0. The first-order valence-corrected chi connectivity index (χ1v) is 10.5. The topological polar surface area (TPSA) is 36.9 Å². The molecule has 4 saturated carbocycles. The van der Waals surface area contributed by atoms with E-state index in [-0.39, 0.29) is 16.6 Å². The fraction of sp³-hybridized carbons (Fsp3) is 0.913. The Balaban J connectivity index is 1.22. The molecule has 27 heavy (non-hydrogen) atoms. The van der Waals surface area contributed by atoms with Gasteiger partial charge in [0.2, 0.25) is 0 Å². The highest BCUT2D eigenvalue weighted by molar-refractivity contribution is 5.30. The summed E-state index contributed by atoms with van der Waals surface area (Å²) in [6.45, 7) is 15.2. The lowest BCUT2D eigenvalue weighted by Gasteiger charge is -2.68. The normalized spacial score (nSPS) is 34.7. The van der Waals surface area contributed by atoms with E-state index in [0.29, 0.717) is 37.4 Å². The second kappa shape index (κ2) is 7.67. The SMILES string of the molecule is CC(C)(C)OCCOCC#CC12CC(COC3CC(OC(C)(C)C)C3)(C1)C2. The third-order valence-electron chi connectivity index (χ3n) is 5.63. The predicted molar refractivity (Wildman–Crippen MR) is 107 cm³/mol. The zero-order chi connectivity index (χ0) is 19.8. The van der Waals surface area contributed by atoms with Crippen molar-refractivity contribution >= 4 is 0 Å². The van der Waals surface area contributed by atoms with Crippen LogP contribution in [0.2, 0.25) is 0 Å². The lowest BCUT2D eigenvalue weighted by atomic mass is 9.36. The molecular weight excluding hydrogens is 340 g/mol. The Bertz CT molecular complexity index is 546. The quantitative estimate of drug-likeness (QED) is 0.465. The Labute approximate surface area is 165 Å². The lowest BCUT2D eigenvalue weighted by Crippen LogP contribution is -2.63. The van der Waals surface area contributed by atoms with Crippen molar-refractivity contribution in [1.82, 2.24) is 0 Å². The molecule has 4 heteroatoms. The van der Waals surface area contributed by atoms with E-state index in [9.17, 15) is 0 Å². The molecular formula is C23H38O4. The van der Waals surface area contributed by atoms with Crippen LogP contribution in [0.15, 0.2) is 0 Å². The van der Waals surface area contributed by atoms with Gasteiger partial charge in [0, 0.05) is 5.41 Å². The number of rotatable bonds is 8. The molecule has 0 atom stereocenters. The van der Waals surface area contributed by atoms with Gasteiger partial charge in [0.1, 0.15) is 6.61 Å². The summed E-state index contributed by atoms with van der Waals surface area (Å²) < 4.78 is 23.3. The van der Waals surface area contributed by atoms with E-state index in [1.807, 2.05) is 0 Å². The van der Waals surface area contributed by atoms with Crippen molar-refractivity contribution in [3.05, 3.63) is 0 Å². The van der Waals surface area contributed by atoms with E-state index in [2.05, 4.69) is 53.4 Å². The van der Waals surface area contributed by atoms with E-state index in [4.69, 9.17) is 18.9 Å². The fourth-order valence-electron chi connectivity index (χ4n) is 4.58. The second-order valence-electron chi connectivity index (χ2n) is 10.9. The fourth-order valence-corrected chi connectivity index (χ4v) is 4.58. The zero-order valence-electron chi connectivity index (χ0n) is 18.2. The summed E-state index contributed by atoms with van der Waals surface area (Å²) in [5.41, 5.74) is 0.549. The van der Waals surface area contributed by atoms with Gasteiger partial charge in [-0.3, -0.25) is 0 Å². The Kier molecular flexibility index (Phi) is 6.00. The molecule has 0 saturated heterocycles. The highest BCUT2D eigenvalue weighted by Gasteiger charge is 2.67. The smallest absolute Gasteiger partial charge is 0.107 e. The summed E-state index contributed by atoms with van der Waals surface area (Å²) in [7, 11) is 0. The van der Waals surface area contributed by atoms with Gasteiger partial charge in [-0.05, 0) is 79.1 Å². The van der Waals surface area contributed by atoms with Crippen LogP contribution in [-0.2, 0) is 18.9 Å². The number of ether oxygens (including phenoxy) is 4. The molecule has 0 heterocycles. The first-order valence-electron chi connectivity index (χ1n) is 10.5. The molecule has 4 aliphatic carbocycles. The van der Waals surface area contributed by atoms with Crippen LogP contribution in [0, 0.1) is 22.7 Å². The zero-order valence-corrected chi connectivity index (χ0v) is 18.2. The first-order chi connectivity index (χ1) is 12.5. The predicted octanol–water partition coefficient (Wildman–Crippen LogP) is 4.35. The van der Waals surface area contributed by atoms with E-state index in [0.717, 1.165) is 19.4 Å². The molecule has 0 unspecified atom stereocenters. The second-order valence-corrected chi connectivity index (χ2v) is 10.9. The average molecular weight is 379 g/mol. The largest absolute Gasteiger partial charge is 0.377 e. The molecule has 4 rings (SSSR count). The molecule has 154 valence electrons. The van der Waals surface area contributed by atoms with Crippen molar-refractivity contribution in [2.75, 3.05) is 26.4 Å². The van der Waals surface area contributed by atoms with Crippen LogP contribution in [0.4, 0.5) is 0 Å². The van der Waals surface area contributed by atoms with E-state index >= 15 is 0 Å². The van der Waals surface area contributed by atoms with Gasteiger partial charge in [0.05, 0.1) is 43.2 Å². The van der Waals surface area contributed by atoms with Crippen molar-refractivity contribution in [3.63, 3.8) is 0 Å². The van der Waals surface area contributed by atoms with Gasteiger partial charge in [0.25, 0.3) is 0 Å². The lowest BCUT2D eigenvalue weighted by molar-refractivity contribution is -0.225. The van der Waals surface area contributed by atoms with Crippen LogP contribution in [0.25, 0.3) is 0 Å². The molecule has 4 fully saturated rings. The Morgan fingerprint density at radius 3 is 2.15 bits per heavy atom. The van der Waals surface area contributed by atoms with Crippen molar-refractivity contribution in [1.29, 1.82) is 0 Å². The molecule has 4 nitrogen and oxygen atoms in total. The molecule has 0 amide bonds. The number of hydrogen-bond donors (Lipinski definition) is 0. The highest BCUT2D eigenvalue weighted by Crippen LogP contribution is 2.73. The minimum atomic E-state index is -0.0999. The average Bonchev–Trinajstić information content (AvgIpc) is 2.40. The van der Waals surface area contributed by atoms with Crippen molar-refractivity contribution in [2.45, 2.75) is 97.1 Å². The summed E-state index contributed by atoms with van der Waals surface area (Å²) in [4.78, 5) is 0. The summed E-state index contributed by atoms with van der Waals surface area (Å²) >= 11 is 0. The van der Waals surface area contributed by atoms with Crippen LogP contribution in [0.3, 0.4) is 0 Å². The van der Waals surface area contributed by atoms with E-state index < -0.39 is 0 Å². The van der Waals surface area contributed by atoms with Gasteiger partial charge in [-0.1, -0.05) is 11.8 Å². The minimum absolute atomic E-state index is 0.0438. The maximum Gasteiger partial charge on any atom is 0.107 e. The third-order valence-corrected chi connectivity index (χ3v) is 5.63. The van der Waals surface area contributed by atoms with Gasteiger partial charge < -0.3 is 18.9 Å².